The molecule has 1 heterocycles. The number of aryl methyl sites for hydroxylation is 1. The minimum Gasteiger partial charge on any atom is -0.321 e. The Bertz CT molecular complexity index is 1400. The van der Waals surface area contributed by atoms with Crippen molar-refractivity contribution < 1.29 is 14.4 Å². The van der Waals surface area contributed by atoms with Crippen molar-refractivity contribution in [2.45, 2.75) is 13.3 Å². The van der Waals surface area contributed by atoms with Gasteiger partial charge in [0.2, 0.25) is 0 Å². The maximum Gasteiger partial charge on any atom is 0.328 e. The lowest BCUT2D eigenvalue weighted by Crippen LogP contribution is -2.36. The molecule has 9 heteroatoms. The van der Waals surface area contributed by atoms with Crippen LogP contribution in [0.4, 0.5) is 11.4 Å². The average molecular weight is 495 g/mol. The second-order valence-corrected chi connectivity index (χ2v) is 8.35. The van der Waals surface area contributed by atoms with Gasteiger partial charge >= 0.3 is 11.8 Å². The molecule has 3 N–H and O–H groups in total. The van der Waals surface area contributed by atoms with Gasteiger partial charge in [0.15, 0.2) is 0 Å². The number of carbonyl (C=O) groups is 3. The first kappa shape index (κ1) is 23.4. The summed E-state index contributed by atoms with van der Waals surface area (Å²) in [6.07, 6.45) is 0.881. The average Bonchev–Trinajstić information content (AvgIpc) is 3.17. The van der Waals surface area contributed by atoms with Crippen LogP contribution in [-0.4, -0.2) is 22.4 Å². The van der Waals surface area contributed by atoms with Crippen molar-refractivity contribution in [3.05, 3.63) is 94.1 Å². The standard InChI is InChI=1S/C25H20Cl2N4O3/c1-2-15-6-9-19(10-7-15)28-23(32)22-13-16-12-18(27)8-11-21(16)31(22)30-25(34)24(33)29-20-5-3-4-17(26)14-20/h3-14H,2H2,1H3,(H,28,32)(H,29,33)(H,30,34). The molecule has 0 radical (unpaired) electrons. The molecule has 0 fully saturated rings. The minimum atomic E-state index is -0.964. The molecular weight excluding hydrogens is 475 g/mol. The number of amides is 3. The number of nitrogens with zero attached hydrogens (tertiary/aromatic N) is 1. The van der Waals surface area contributed by atoms with Gasteiger partial charge in [-0.15, -0.1) is 0 Å². The van der Waals surface area contributed by atoms with E-state index in [-0.39, 0.29) is 5.69 Å². The van der Waals surface area contributed by atoms with Crippen LogP contribution in [0.2, 0.25) is 10.0 Å². The summed E-state index contributed by atoms with van der Waals surface area (Å²) in [5, 5.41) is 6.80. The Morgan fingerprint density at radius 2 is 1.53 bits per heavy atom. The molecular formula is C25H20Cl2N4O3. The molecule has 0 saturated carbocycles. The van der Waals surface area contributed by atoms with Crippen LogP contribution in [0.5, 0.6) is 0 Å². The Hall–Kier alpha value is -3.81. The molecule has 0 aliphatic carbocycles. The number of hydrogen-bond acceptors (Lipinski definition) is 3. The van der Waals surface area contributed by atoms with Crippen LogP contribution in [0.25, 0.3) is 10.9 Å². The Balaban J connectivity index is 1.61. The third kappa shape index (κ3) is 5.22. The van der Waals surface area contributed by atoms with Crippen LogP contribution < -0.4 is 16.1 Å². The van der Waals surface area contributed by atoms with E-state index in [4.69, 9.17) is 23.2 Å². The van der Waals surface area contributed by atoms with Gasteiger partial charge in [0.1, 0.15) is 5.69 Å². The van der Waals surface area contributed by atoms with Gasteiger partial charge in [-0.2, -0.15) is 0 Å². The number of carbonyl (C=O) groups excluding carboxylic acids is 3. The zero-order chi connectivity index (χ0) is 24.2. The summed E-state index contributed by atoms with van der Waals surface area (Å²) in [5.41, 5.74) is 5.23. The van der Waals surface area contributed by atoms with Crippen molar-refractivity contribution >= 4 is 63.2 Å². The minimum absolute atomic E-state index is 0.126. The van der Waals surface area contributed by atoms with E-state index in [9.17, 15) is 14.4 Å². The lowest BCUT2D eigenvalue weighted by Gasteiger charge is -2.13. The highest BCUT2D eigenvalue weighted by Crippen LogP contribution is 2.24. The van der Waals surface area contributed by atoms with Gasteiger partial charge in [0.05, 0.1) is 5.52 Å². The maximum atomic E-state index is 13.1. The second-order valence-electron chi connectivity index (χ2n) is 7.48. The third-order valence-corrected chi connectivity index (χ3v) is 5.59. The molecule has 0 atom stereocenters. The van der Waals surface area contributed by atoms with Gasteiger partial charge in [-0.25, -0.2) is 4.68 Å². The number of aromatic nitrogens is 1. The summed E-state index contributed by atoms with van der Waals surface area (Å²) in [7, 11) is 0. The zero-order valence-electron chi connectivity index (χ0n) is 18.1. The molecule has 0 spiro atoms. The molecule has 1 aromatic heterocycles. The van der Waals surface area contributed by atoms with Crippen LogP contribution in [0.15, 0.2) is 72.8 Å². The normalized spacial score (nSPS) is 10.7. The van der Waals surface area contributed by atoms with Crippen LogP contribution in [0.1, 0.15) is 23.0 Å². The van der Waals surface area contributed by atoms with E-state index >= 15 is 0 Å². The number of halogens is 2. The Kier molecular flexibility index (Phi) is 6.86. The maximum absolute atomic E-state index is 13.1. The largest absolute Gasteiger partial charge is 0.328 e. The zero-order valence-corrected chi connectivity index (χ0v) is 19.6. The summed E-state index contributed by atoms with van der Waals surface area (Å²) in [5.74, 6) is -2.35. The lowest BCUT2D eigenvalue weighted by atomic mass is 10.1. The molecule has 3 aromatic carbocycles. The summed E-state index contributed by atoms with van der Waals surface area (Å²) in [6.45, 7) is 2.04. The molecule has 172 valence electrons. The third-order valence-electron chi connectivity index (χ3n) is 5.12. The summed E-state index contributed by atoms with van der Waals surface area (Å²) >= 11 is 12.0. The first-order chi connectivity index (χ1) is 16.3. The van der Waals surface area contributed by atoms with Gasteiger partial charge in [-0.1, -0.05) is 48.3 Å². The Morgan fingerprint density at radius 3 is 2.24 bits per heavy atom. The summed E-state index contributed by atoms with van der Waals surface area (Å²) in [6, 6.07) is 20.4. The molecule has 4 aromatic rings. The predicted molar refractivity (Wildman–Crippen MR) is 135 cm³/mol. The van der Waals surface area contributed by atoms with Crippen molar-refractivity contribution in [1.82, 2.24) is 4.68 Å². The highest BCUT2D eigenvalue weighted by atomic mass is 35.5. The van der Waals surface area contributed by atoms with Gasteiger partial charge < -0.3 is 10.6 Å². The topological polar surface area (TPSA) is 92.2 Å². The van der Waals surface area contributed by atoms with E-state index in [1.165, 1.54) is 10.7 Å². The Labute approximate surface area is 205 Å². The molecule has 0 aliphatic heterocycles. The van der Waals surface area contributed by atoms with Gasteiger partial charge in [-0.05, 0) is 66.6 Å². The van der Waals surface area contributed by atoms with Crippen LogP contribution in [0.3, 0.4) is 0 Å². The molecule has 7 nitrogen and oxygen atoms in total. The van der Waals surface area contributed by atoms with Gasteiger partial charge in [-0.3, -0.25) is 19.8 Å². The van der Waals surface area contributed by atoms with Crippen molar-refractivity contribution in [3.8, 4) is 0 Å². The Morgan fingerprint density at radius 1 is 0.794 bits per heavy atom. The fraction of sp³-hybridized carbons (Fsp3) is 0.0800. The lowest BCUT2D eigenvalue weighted by molar-refractivity contribution is -0.133. The van der Waals surface area contributed by atoms with Crippen LogP contribution in [0, 0.1) is 0 Å². The molecule has 0 unspecified atom stereocenters. The number of benzene rings is 3. The van der Waals surface area contributed by atoms with E-state index in [1.807, 2.05) is 19.1 Å². The molecule has 4 rings (SSSR count). The fourth-order valence-corrected chi connectivity index (χ4v) is 3.77. The van der Waals surface area contributed by atoms with E-state index in [1.54, 1.807) is 54.6 Å². The van der Waals surface area contributed by atoms with Crippen molar-refractivity contribution in [1.29, 1.82) is 0 Å². The number of hydrogen-bond donors (Lipinski definition) is 3. The fourth-order valence-electron chi connectivity index (χ4n) is 3.40. The van der Waals surface area contributed by atoms with Crippen molar-refractivity contribution in [2.75, 3.05) is 16.1 Å². The first-order valence-electron chi connectivity index (χ1n) is 10.4. The predicted octanol–water partition coefficient (Wildman–Crippen LogP) is 5.47. The van der Waals surface area contributed by atoms with E-state index in [0.717, 1.165) is 12.0 Å². The smallest absolute Gasteiger partial charge is 0.321 e. The highest BCUT2D eigenvalue weighted by Gasteiger charge is 2.21. The number of rotatable bonds is 5. The SMILES string of the molecule is CCc1ccc(NC(=O)c2cc3cc(Cl)ccc3n2NC(=O)C(=O)Nc2cccc(Cl)c2)cc1. The van der Waals surface area contributed by atoms with Crippen molar-refractivity contribution in [3.63, 3.8) is 0 Å². The van der Waals surface area contributed by atoms with E-state index < -0.39 is 17.7 Å². The second kappa shape index (κ2) is 9.99. The van der Waals surface area contributed by atoms with Gasteiger partial charge in [0, 0.05) is 26.8 Å². The van der Waals surface area contributed by atoms with Crippen LogP contribution >= 0.6 is 23.2 Å². The van der Waals surface area contributed by atoms with Crippen molar-refractivity contribution in [2.24, 2.45) is 0 Å². The quantitative estimate of drug-likeness (QED) is 0.321. The molecule has 34 heavy (non-hydrogen) atoms. The van der Waals surface area contributed by atoms with Gasteiger partial charge in [0.25, 0.3) is 5.91 Å². The number of anilines is 2. The highest BCUT2D eigenvalue weighted by molar-refractivity contribution is 6.42. The number of nitrogens with one attached hydrogen (secondary N) is 3. The van der Waals surface area contributed by atoms with E-state index in [0.29, 0.717) is 32.3 Å². The van der Waals surface area contributed by atoms with E-state index in [2.05, 4.69) is 16.1 Å². The molecule has 3 amide bonds. The van der Waals surface area contributed by atoms with Crippen LogP contribution in [-0.2, 0) is 16.0 Å². The summed E-state index contributed by atoms with van der Waals surface area (Å²) < 4.78 is 1.27. The number of fused-ring (bicyclic) bond motifs is 1. The molecule has 0 aliphatic rings. The summed E-state index contributed by atoms with van der Waals surface area (Å²) in [4.78, 5) is 38.2. The first-order valence-corrected chi connectivity index (χ1v) is 11.2. The monoisotopic (exact) mass is 494 g/mol. The molecule has 0 bridgehead atoms. The molecule has 0 saturated heterocycles.